The van der Waals surface area contributed by atoms with Gasteiger partial charge in [0.25, 0.3) is 0 Å². The molecular weight excluding hydrogens is 308 g/mol. The minimum Gasteiger partial charge on any atom is -0.394 e. The predicted molar refractivity (Wildman–Crippen MR) is 71.6 cm³/mol. The van der Waals surface area contributed by atoms with Gasteiger partial charge in [0, 0.05) is 17.6 Å². The van der Waals surface area contributed by atoms with Crippen LogP contribution in [0.25, 0.3) is 0 Å². The number of nitrogens with zero attached hydrogens (tertiary/aromatic N) is 1. The largest absolute Gasteiger partial charge is 0.394 e. The fourth-order valence-corrected chi connectivity index (χ4v) is 3.41. The molecule has 0 fully saturated rings. The van der Waals surface area contributed by atoms with Crippen LogP contribution in [0.5, 0.6) is 0 Å². The first-order valence-corrected chi connectivity index (χ1v) is 7.75. The van der Waals surface area contributed by atoms with Gasteiger partial charge in [-0.1, -0.05) is 0 Å². The van der Waals surface area contributed by atoms with Crippen LogP contribution < -0.4 is 10.5 Å². The summed E-state index contributed by atoms with van der Waals surface area (Å²) in [4.78, 5) is 3.97. The van der Waals surface area contributed by atoms with E-state index in [-0.39, 0.29) is 6.54 Å². The Labute approximate surface area is 118 Å². The third kappa shape index (κ3) is 2.94. The smallest absolute Gasteiger partial charge is 0.243 e. The van der Waals surface area contributed by atoms with Gasteiger partial charge in [-0.25, -0.2) is 26.9 Å². The molecule has 3 N–H and O–H groups in total. The maximum atomic E-state index is 13.7. The molecule has 0 spiro atoms. The Morgan fingerprint density at radius 1 is 1.40 bits per heavy atom. The standard InChI is InChI=1S/C11H11F2N3O2S2/c1-6-15-4-7(19-6)5-16-20(17,18)9-3-2-8(12)11(14)10(9)13/h2-4,16H,5,14H2,1H3. The molecule has 0 bridgehead atoms. The van der Waals surface area contributed by atoms with E-state index in [1.165, 1.54) is 17.5 Å². The molecule has 0 aliphatic carbocycles. The van der Waals surface area contributed by atoms with Crippen LogP contribution >= 0.6 is 11.3 Å². The molecule has 0 unspecified atom stereocenters. The average Bonchev–Trinajstić information content (AvgIpc) is 2.79. The number of hydrogen-bond donors (Lipinski definition) is 2. The number of nitrogens with two attached hydrogens (primary N) is 1. The molecule has 0 aliphatic heterocycles. The third-order valence-corrected chi connectivity index (χ3v) is 4.82. The van der Waals surface area contributed by atoms with Gasteiger partial charge in [-0.3, -0.25) is 0 Å². The normalized spacial score (nSPS) is 11.8. The summed E-state index contributed by atoms with van der Waals surface area (Å²) in [5, 5.41) is 0.788. The van der Waals surface area contributed by atoms with E-state index in [1.807, 2.05) is 0 Å². The highest BCUT2D eigenvalue weighted by Gasteiger charge is 2.22. The number of sulfonamides is 1. The summed E-state index contributed by atoms with van der Waals surface area (Å²) < 4.78 is 52.8. The number of halogens is 2. The van der Waals surface area contributed by atoms with Crippen LogP contribution in [0.15, 0.2) is 23.2 Å². The fourth-order valence-electron chi connectivity index (χ4n) is 1.49. The zero-order chi connectivity index (χ0) is 14.9. The quantitative estimate of drug-likeness (QED) is 0.841. The molecule has 1 aromatic heterocycles. The second kappa shape index (κ2) is 5.43. The van der Waals surface area contributed by atoms with Gasteiger partial charge in [-0.05, 0) is 19.1 Å². The van der Waals surface area contributed by atoms with E-state index in [4.69, 9.17) is 5.73 Å². The van der Waals surface area contributed by atoms with Crippen LogP contribution in [0, 0.1) is 18.6 Å². The van der Waals surface area contributed by atoms with Crippen molar-refractivity contribution in [3.05, 3.63) is 39.8 Å². The first-order valence-electron chi connectivity index (χ1n) is 5.45. The van der Waals surface area contributed by atoms with Gasteiger partial charge >= 0.3 is 0 Å². The van der Waals surface area contributed by atoms with Gasteiger partial charge in [-0.15, -0.1) is 11.3 Å². The van der Waals surface area contributed by atoms with Gasteiger partial charge in [0.05, 0.1) is 5.01 Å². The molecule has 2 aromatic rings. The molecule has 9 heteroatoms. The molecule has 108 valence electrons. The van der Waals surface area contributed by atoms with E-state index in [2.05, 4.69) is 9.71 Å². The Hall–Kier alpha value is -1.58. The molecule has 0 saturated heterocycles. The van der Waals surface area contributed by atoms with Crippen molar-refractivity contribution >= 4 is 27.0 Å². The lowest BCUT2D eigenvalue weighted by molar-refractivity contribution is 0.548. The van der Waals surface area contributed by atoms with E-state index in [1.54, 1.807) is 6.92 Å². The second-order valence-electron chi connectivity index (χ2n) is 3.94. The minimum atomic E-state index is -4.11. The molecular formula is C11H11F2N3O2S2. The van der Waals surface area contributed by atoms with Gasteiger partial charge in [0.15, 0.2) is 5.82 Å². The SMILES string of the molecule is Cc1ncc(CNS(=O)(=O)c2ccc(F)c(N)c2F)s1. The number of nitrogen functional groups attached to an aromatic ring is 1. The Bertz CT molecular complexity index is 744. The number of aromatic nitrogens is 1. The number of nitrogens with one attached hydrogen (secondary N) is 1. The number of thiazole rings is 1. The zero-order valence-corrected chi connectivity index (χ0v) is 12.0. The monoisotopic (exact) mass is 319 g/mol. The lowest BCUT2D eigenvalue weighted by atomic mass is 10.3. The van der Waals surface area contributed by atoms with E-state index >= 15 is 0 Å². The Kier molecular flexibility index (Phi) is 4.02. The molecule has 0 amide bonds. The van der Waals surface area contributed by atoms with Crippen molar-refractivity contribution in [2.45, 2.75) is 18.4 Å². The highest BCUT2D eigenvalue weighted by molar-refractivity contribution is 7.89. The van der Waals surface area contributed by atoms with Crippen LogP contribution in [0.1, 0.15) is 9.88 Å². The zero-order valence-electron chi connectivity index (χ0n) is 10.4. The van der Waals surface area contributed by atoms with Crippen molar-refractivity contribution in [2.24, 2.45) is 0 Å². The summed E-state index contributed by atoms with van der Waals surface area (Å²) in [5.74, 6) is -2.29. The summed E-state index contributed by atoms with van der Waals surface area (Å²) in [6.45, 7) is 1.76. The van der Waals surface area contributed by atoms with Crippen molar-refractivity contribution in [3.63, 3.8) is 0 Å². The molecule has 1 aromatic carbocycles. The van der Waals surface area contributed by atoms with Crippen LogP contribution in [0.3, 0.4) is 0 Å². The average molecular weight is 319 g/mol. The summed E-state index contributed by atoms with van der Waals surface area (Å²) in [6.07, 6.45) is 1.53. The minimum absolute atomic E-state index is 0.0233. The topological polar surface area (TPSA) is 85.1 Å². The molecule has 5 nitrogen and oxygen atoms in total. The van der Waals surface area contributed by atoms with Crippen molar-refractivity contribution in [1.29, 1.82) is 0 Å². The van der Waals surface area contributed by atoms with Crippen LogP contribution in [0.4, 0.5) is 14.5 Å². The number of aryl methyl sites for hydroxylation is 1. The van der Waals surface area contributed by atoms with Crippen molar-refractivity contribution in [3.8, 4) is 0 Å². The van der Waals surface area contributed by atoms with Gasteiger partial charge in [0.1, 0.15) is 16.4 Å². The summed E-state index contributed by atoms with van der Waals surface area (Å²) in [7, 11) is -4.11. The summed E-state index contributed by atoms with van der Waals surface area (Å²) >= 11 is 1.32. The molecule has 2 rings (SSSR count). The number of hydrogen-bond acceptors (Lipinski definition) is 5. The molecule has 0 atom stereocenters. The number of rotatable bonds is 4. The first kappa shape index (κ1) is 14.8. The van der Waals surface area contributed by atoms with Gasteiger partial charge in [0.2, 0.25) is 10.0 Å². The summed E-state index contributed by atoms with van der Waals surface area (Å²) in [5.41, 5.74) is 4.32. The Morgan fingerprint density at radius 2 is 2.10 bits per heavy atom. The molecule has 0 radical (unpaired) electrons. The van der Waals surface area contributed by atoms with Crippen LogP contribution in [-0.2, 0) is 16.6 Å². The van der Waals surface area contributed by atoms with E-state index < -0.39 is 32.2 Å². The lowest BCUT2D eigenvalue weighted by Gasteiger charge is -2.08. The second-order valence-corrected chi connectivity index (χ2v) is 7.00. The van der Waals surface area contributed by atoms with Crippen LogP contribution in [0.2, 0.25) is 0 Å². The van der Waals surface area contributed by atoms with Crippen molar-refractivity contribution in [1.82, 2.24) is 9.71 Å². The molecule has 20 heavy (non-hydrogen) atoms. The first-order chi connectivity index (χ1) is 9.31. The fraction of sp³-hybridized carbons (Fsp3) is 0.182. The maximum Gasteiger partial charge on any atom is 0.243 e. The van der Waals surface area contributed by atoms with Crippen LogP contribution in [-0.4, -0.2) is 13.4 Å². The predicted octanol–water partition coefficient (Wildman–Crippen LogP) is 1.79. The number of benzene rings is 1. The lowest BCUT2D eigenvalue weighted by Crippen LogP contribution is -2.24. The molecule has 0 aliphatic rings. The molecule has 0 saturated carbocycles. The van der Waals surface area contributed by atoms with Crippen molar-refractivity contribution in [2.75, 3.05) is 5.73 Å². The third-order valence-electron chi connectivity index (χ3n) is 2.49. The van der Waals surface area contributed by atoms with Gasteiger partial charge in [-0.2, -0.15) is 0 Å². The highest BCUT2D eigenvalue weighted by Crippen LogP contribution is 2.23. The Morgan fingerprint density at radius 3 is 2.70 bits per heavy atom. The number of anilines is 1. The summed E-state index contributed by atoms with van der Waals surface area (Å²) in [6, 6.07) is 1.64. The van der Waals surface area contributed by atoms with E-state index in [9.17, 15) is 17.2 Å². The highest BCUT2D eigenvalue weighted by atomic mass is 32.2. The maximum absolute atomic E-state index is 13.7. The van der Waals surface area contributed by atoms with Crippen molar-refractivity contribution < 1.29 is 17.2 Å². The van der Waals surface area contributed by atoms with E-state index in [0.29, 0.717) is 4.88 Å². The molecule has 1 heterocycles. The Balaban J connectivity index is 2.25. The van der Waals surface area contributed by atoms with E-state index in [0.717, 1.165) is 17.1 Å². The van der Waals surface area contributed by atoms with Gasteiger partial charge < -0.3 is 5.73 Å².